The van der Waals surface area contributed by atoms with Crippen molar-refractivity contribution in [1.82, 2.24) is 20.5 Å². The number of hydrogen-bond acceptors (Lipinski definition) is 5. The van der Waals surface area contributed by atoms with E-state index >= 15 is 0 Å². The maximum absolute atomic E-state index is 12.9. The molecule has 0 aliphatic carbocycles. The third-order valence-electron chi connectivity index (χ3n) is 4.77. The summed E-state index contributed by atoms with van der Waals surface area (Å²) in [6.07, 6.45) is 1.20. The molecule has 132 valence electrons. The first-order valence-electron chi connectivity index (χ1n) is 8.42. The average Bonchev–Trinajstić information content (AvgIpc) is 2.61. The molecular weight excluding hydrogens is 333 g/mol. The van der Waals surface area contributed by atoms with Crippen LogP contribution < -0.4 is 10.2 Å². The van der Waals surface area contributed by atoms with Gasteiger partial charge < -0.3 is 10.2 Å². The number of hydrogen-bond donors (Lipinski definition) is 1. The van der Waals surface area contributed by atoms with Crippen molar-refractivity contribution in [3.05, 3.63) is 59.2 Å². The van der Waals surface area contributed by atoms with Crippen LogP contribution in [0.5, 0.6) is 0 Å². The van der Waals surface area contributed by atoms with Crippen molar-refractivity contribution in [2.45, 2.75) is 19.9 Å². The van der Waals surface area contributed by atoms with Gasteiger partial charge in [0.25, 0.3) is 5.91 Å². The van der Waals surface area contributed by atoms with Crippen LogP contribution in [-0.4, -0.2) is 40.2 Å². The van der Waals surface area contributed by atoms with E-state index in [0.29, 0.717) is 24.5 Å². The summed E-state index contributed by atoms with van der Waals surface area (Å²) in [5, 5.41) is 12.2. The van der Waals surface area contributed by atoms with Crippen LogP contribution >= 0.6 is 0 Å². The van der Waals surface area contributed by atoms with Gasteiger partial charge in [-0.2, -0.15) is 10.2 Å². The van der Waals surface area contributed by atoms with E-state index in [-0.39, 0.29) is 17.8 Å². The van der Waals surface area contributed by atoms with Crippen LogP contribution in [0, 0.1) is 19.7 Å². The van der Waals surface area contributed by atoms with Gasteiger partial charge in [-0.25, -0.2) is 9.37 Å². The number of rotatable bonds is 3. The Morgan fingerprint density at radius 2 is 2.00 bits per heavy atom. The molecule has 1 N–H and O–H groups in total. The van der Waals surface area contributed by atoms with Gasteiger partial charge in [0.1, 0.15) is 11.6 Å². The molecular formula is C19H18FN5O. The van der Waals surface area contributed by atoms with E-state index in [1.807, 2.05) is 30.9 Å². The van der Waals surface area contributed by atoms with Gasteiger partial charge in [0.15, 0.2) is 0 Å². The van der Waals surface area contributed by atoms with Crippen molar-refractivity contribution in [2.24, 2.45) is 0 Å². The predicted octanol–water partition coefficient (Wildman–Crippen LogP) is 2.40. The molecule has 6 nitrogen and oxygen atoms in total. The molecule has 1 aromatic carbocycles. The van der Waals surface area contributed by atoms with E-state index in [2.05, 4.69) is 20.5 Å². The number of aromatic nitrogens is 3. The van der Waals surface area contributed by atoms with Crippen molar-refractivity contribution < 1.29 is 9.18 Å². The number of pyridine rings is 1. The van der Waals surface area contributed by atoms with E-state index < -0.39 is 0 Å². The van der Waals surface area contributed by atoms with E-state index in [1.165, 1.54) is 12.3 Å². The topological polar surface area (TPSA) is 71.0 Å². The zero-order valence-corrected chi connectivity index (χ0v) is 14.5. The Balaban J connectivity index is 1.44. The second-order valence-electron chi connectivity index (χ2n) is 6.55. The molecule has 0 atom stereocenters. The van der Waals surface area contributed by atoms with E-state index in [4.69, 9.17) is 0 Å². The Kier molecular flexibility index (Phi) is 3.99. The molecule has 0 unspecified atom stereocenters. The Hall–Kier alpha value is -3.09. The fraction of sp³-hybridized carbons (Fsp3) is 0.263. The quantitative estimate of drug-likeness (QED) is 0.785. The molecule has 7 heteroatoms. The van der Waals surface area contributed by atoms with Gasteiger partial charge in [-0.05, 0) is 49.7 Å². The number of carbonyl (C=O) groups is 1. The number of benzene rings is 1. The summed E-state index contributed by atoms with van der Waals surface area (Å²) in [5.41, 5.74) is 3.27. The van der Waals surface area contributed by atoms with Gasteiger partial charge in [0.05, 0.1) is 23.4 Å². The van der Waals surface area contributed by atoms with Crippen LogP contribution in [0.2, 0.25) is 0 Å². The number of amides is 1. The van der Waals surface area contributed by atoms with Gasteiger partial charge >= 0.3 is 0 Å². The van der Waals surface area contributed by atoms with Crippen LogP contribution in [-0.2, 0) is 0 Å². The Labute approximate surface area is 150 Å². The maximum atomic E-state index is 12.9. The first kappa shape index (κ1) is 16.4. The molecule has 1 aliphatic rings. The highest BCUT2D eigenvalue weighted by molar-refractivity contribution is 5.98. The van der Waals surface area contributed by atoms with Crippen molar-refractivity contribution in [2.75, 3.05) is 18.0 Å². The van der Waals surface area contributed by atoms with E-state index in [0.717, 1.165) is 22.2 Å². The highest BCUT2D eigenvalue weighted by atomic mass is 19.1. The zero-order valence-electron chi connectivity index (χ0n) is 14.5. The molecule has 1 fully saturated rings. The largest absolute Gasteiger partial charge is 0.352 e. The van der Waals surface area contributed by atoms with E-state index in [9.17, 15) is 9.18 Å². The van der Waals surface area contributed by atoms with Crippen LogP contribution in [0.25, 0.3) is 10.9 Å². The molecule has 26 heavy (non-hydrogen) atoms. The monoisotopic (exact) mass is 351 g/mol. The second kappa shape index (κ2) is 6.33. The summed E-state index contributed by atoms with van der Waals surface area (Å²) in [4.78, 5) is 18.6. The molecule has 3 heterocycles. The van der Waals surface area contributed by atoms with Gasteiger partial charge in [-0.1, -0.05) is 0 Å². The molecule has 0 spiro atoms. The molecule has 0 saturated carbocycles. The minimum atomic E-state index is -0.356. The molecule has 0 radical (unpaired) electrons. The summed E-state index contributed by atoms with van der Waals surface area (Å²) >= 11 is 0. The molecule has 0 bridgehead atoms. The number of nitrogens with one attached hydrogen (secondary N) is 1. The summed E-state index contributed by atoms with van der Waals surface area (Å²) < 4.78 is 12.9. The number of carbonyl (C=O) groups excluding carboxylic acids is 1. The number of fused-ring (bicyclic) bond motifs is 1. The number of aryl methyl sites for hydroxylation is 2. The molecule has 4 rings (SSSR count). The summed E-state index contributed by atoms with van der Waals surface area (Å²) in [5.74, 6) is 0.246. The van der Waals surface area contributed by atoms with Gasteiger partial charge in [-0.15, -0.1) is 0 Å². The fourth-order valence-electron chi connectivity index (χ4n) is 3.04. The highest BCUT2D eigenvalue weighted by Crippen LogP contribution is 2.21. The molecule has 3 aromatic rings. The van der Waals surface area contributed by atoms with Crippen LogP contribution in [0.15, 0.2) is 36.5 Å². The van der Waals surface area contributed by atoms with Gasteiger partial charge in [0.2, 0.25) is 0 Å². The third kappa shape index (κ3) is 2.96. The minimum Gasteiger partial charge on any atom is -0.352 e. The Bertz CT molecular complexity index is 983. The molecule has 1 amide bonds. The first-order valence-corrected chi connectivity index (χ1v) is 8.42. The third-order valence-corrected chi connectivity index (χ3v) is 4.77. The lowest BCUT2D eigenvalue weighted by atomic mass is 10.0. The molecule has 1 aliphatic heterocycles. The Morgan fingerprint density at radius 1 is 1.19 bits per heavy atom. The minimum absolute atomic E-state index is 0.0449. The Morgan fingerprint density at radius 3 is 2.73 bits per heavy atom. The SMILES string of the molecule is Cc1nnc2ccc(C(=O)NC3CN(c4ccc(F)cn4)C3)cc2c1C. The lowest BCUT2D eigenvalue weighted by Crippen LogP contribution is -2.59. The second-order valence-corrected chi connectivity index (χ2v) is 6.55. The van der Waals surface area contributed by atoms with E-state index in [1.54, 1.807) is 12.1 Å². The summed E-state index contributed by atoms with van der Waals surface area (Å²) in [6, 6.07) is 8.51. The van der Waals surface area contributed by atoms with Crippen LogP contribution in [0.3, 0.4) is 0 Å². The first-order chi connectivity index (χ1) is 12.5. The van der Waals surface area contributed by atoms with Crippen molar-refractivity contribution >= 4 is 22.6 Å². The predicted molar refractivity (Wildman–Crippen MR) is 96.7 cm³/mol. The smallest absolute Gasteiger partial charge is 0.251 e. The molecule has 2 aromatic heterocycles. The number of halogens is 1. The van der Waals surface area contributed by atoms with Gasteiger partial charge in [-0.3, -0.25) is 4.79 Å². The lowest BCUT2D eigenvalue weighted by Gasteiger charge is -2.40. The van der Waals surface area contributed by atoms with Crippen molar-refractivity contribution in [3.63, 3.8) is 0 Å². The standard InChI is InChI=1S/C19H18FN5O/c1-11-12(2)23-24-17-5-3-13(7-16(11)17)19(26)22-15-9-25(10-15)18-6-4-14(20)8-21-18/h3-8,15H,9-10H2,1-2H3,(H,22,26). The number of anilines is 1. The van der Waals surface area contributed by atoms with Crippen LogP contribution in [0.1, 0.15) is 21.6 Å². The maximum Gasteiger partial charge on any atom is 0.251 e. The van der Waals surface area contributed by atoms with Crippen molar-refractivity contribution in [3.8, 4) is 0 Å². The summed E-state index contributed by atoms with van der Waals surface area (Å²) in [7, 11) is 0. The lowest BCUT2D eigenvalue weighted by molar-refractivity contribution is 0.0930. The molecule has 1 saturated heterocycles. The average molecular weight is 351 g/mol. The zero-order chi connectivity index (χ0) is 18.3. The van der Waals surface area contributed by atoms with Crippen LogP contribution in [0.4, 0.5) is 10.2 Å². The normalized spacial score (nSPS) is 14.3. The fourth-order valence-corrected chi connectivity index (χ4v) is 3.04. The highest BCUT2D eigenvalue weighted by Gasteiger charge is 2.29. The van der Waals surface area contributed by atoms with Gasteiger partial charge in [0, 0.05) is 24.0 Å². The number of nitrogens with zero attached hydrogens (tertiary/aromatic N) is 4. The van der Waals surface area contributed by atoms with Crippen molar-refractivity contribution in [1.29, 1.82) is 0 Å². The summed E-state index contributed by atoms with van der Waals surface area (Å²) in [6.45, 7) is 5.19.